The minimum Gasteiger partial charge on any atom is -0.506 e. The summed E-state index contributed by atoms with van der Waals surface area (Å²) in [4.78, 5) is 0. The molecular formula is C20H14Br2N4O2. The van der Waals surface area contributed by atoms with E-state index in [1.54, 1.807) is 16.8 Å². The largest absolute Gasteiger partial charge is 0.506 e. The number of phenols is 1. The first-order valence-corrected chi connectivity index (χ1v) is 9.91. The molecule has 1 atom stereocenters. The van der Waals surface area contributed by atoms with Crippen LogP contribution in [-0.2, 0) is 0 Å². The van der Waals surface area contributed by atoms with Crippen LogP contribution >= 0.6 is 31.9 Å². The zero-order chi connectivity index (χ0) is 20.0. The molecule has 2 heterocycles. The minimum atomic E-state index is -0.611. The van der Waals surface area contributed by atoms with E-state index < -0.39 is 5.92 Å². The molecule has 0 amide bonds. The van der Waals surface area contributed by atoms with Crippen LogP contribution in [-0.4, -0.2) is 14.9 Å². The van der Waals surface area contributed by atoms with Gasteiger partial charge < -0.3 is 15.6 Å². The molecular weight excluding hydrogens is 488 g/mol. The van der Waals surface area contributed by atoms with Crippen LogP contribution in [0.2, 0.25) is 0 Å². The van der Waals surface area contributed by atoms with Crippen molar-refractivity contribution in [3.63, 3.8) is 0 Å². The summed E-state index contributed by atoms with van der Waals surface area (Å²) in [7, 11) is 0. The fraction of sp³-hybridized carbons (Fsp3) is 0.100. The Labute approximate surface area is 178 Å². The SMILES string of the molecule is Cc1nn(-c2ccccc2)c2c1[C@H](c1cc(Br)cc(Br)c1O)C(C#N)=C(N)O2. The number of hydrogen-bond acceptors (Lipinski definition) is 5. The van der Waals surface area contributed by atoms with Gasteiger partial charge in [-0.05, 0) is 47.1 Å². The Morgan fingerprint density at radius 3 is 2.64 bits per heavy atom. The average Bonchev–Trinajstić information content (AvgIpc) is 3.00. The van der Waals surface area contributed by atoms with Crippen LogP contribution in [0.3, 0.4) is 0 Å². The quantitative estimate of drug-likeness (QED) is 0.533. The number of nitrogens with zero attached hydrogens (tertiary/aromatic N) is 3. The van der Waals surface area contributed by atoms with Gasteiger partial charge in [0.25, 0.3) is 0 Å². The first-order chi connectivity index (χ1) is 13.4. The summed E-state index contributed by atoms with van der Waals surface area (Å²) in [6, 6.07) is 15.1. The minimum absolute atomic E-state index is 0.00687. The van der Waals surface area contributed by atoms with Crippen molar-refractivity contribution in [1.29, 1.82) is 5.26 Å². The van der Waals surface area contributed by atoms with Gasteiger partial charge in [0, 0.05) is 10.0 Å². The number of rotatable bonds is 2. The zero-order valence-corrected chi connectivity index (χ0v) is 17.8. The highest BCUT2D eigenvalue weighted by molar-refractivity contribution is 9.11. The molecule has 28 heavy (non-hydrogen) atoms. The first-order valence-electron chi connectivity index (χ1n) is 8.32. The van der Waals surface area contributed by atoms with E-state index in [1.807, 2.05) is 37.3 Å². The fourth-order valence-electron chi connectivity index (χ4n) is 3.38. The third-order valence-electron chi connectivity index (χ3n) is 4.60. The second kappa shape index (κ2) is 7.00. The number of fused-ring (bicyclic) bond motifs is 1. The van der Waals surface area contributed by atoms with Gasteiger partial charge >= 0.3 is 0 Å². The Morgan fingerprint density at radius 1 is 1.25 bits per heavy atom. The summed E-state index contributed by atoms with van der Waals surface area (Å²) in [5.74, 6) is -0.151. The molecule has 4 rings (SSSR count). The van der Waals surface area contributed by atoms with E-state index in [9.17, 15) is 10.4 Å². The maximum absolute atomic E-state index is 10.7. The molecule has 1 aromatic heterocycles. The molecule has 3 aromatic rings. The lowest BCUT2D eigenvalue weighted by Crippen LogP contribution is -2.22. The van der Waals surface area contributed by atoms with Crippen LogP contribution in [0.1, 0.15) is 22.7 Å². The average molecular weight is 502 g/mol. The predicted octanol–water partition coefficient (Wildman–Crippen LogP) is 4.63. The number of halogens is 2. The molecule has 0 fully saturated rings. The van der Waals surface area contributed by atoms with Crippen molar-refractivity contribution in [3.8, 4) is 23.4 Å². The Bertz CT molecular complexity index is 1160. The molecule has 140 valence electrons. The number of nitriles is 1. The van der Waals surface area contributed by atoms with Crippen molar-refractivity contribution in [2.24, 2.45) is 5.73 Å². The number of hydrogen-bond donors (Lipinski definition) is 2. The van der Waals surface area contributed by atoms with Crippen molar-refractivity contribution < 1.29 is 9.84 Å². The van der Waals surface area contributed by atoms with Gasteiger partial charge in [-0.3, -0.25) is 0 Å². The molecule has 1 aliphatic rings. The monoisotopic (exact) mass is 500 g/mol. The molecule has 2 aromatic carbocycles. The summed E-state index contributed by atoms with van der Waals surface area (Å²) in [5, 5.41) is 25.1. The van der Waals surface area contributed by atoms with E-state index >= 15 is 0 Å². The highest BCUT2D eigenvalue weighted by Gasteiger charge is 2.37. The lowest BCUT2D eigenvalue weighted by molar-refractivity contribution is 0.365. The van der Waals surface area contributed by atoms with E-state index in [0.717, 1.165) is 10.2 Å². The van der Waals surface area contributed by atoms with Crippen molar-refractivity contribution in [3.05, 3.63) is 79.7 Å². The van der Waals surface area contributed by atoms with E-state index in [2.05, 4.69) is 43.0 Å². The molecule has 1 aliphatic heterocycles. The van der Waals surface area contributed by atoms with Gasteiger partial charge in [0.1, 0.15) is 17.4 Å². The van der Waals surface area contributed by atoms with Crippen molar-refractivity contribution in [1.82, 2.24) is 9.78 Å². The number of para-hydroxylation sites is 1. The third-order valence-corrected chi connectivity index (χ3v) is 5.66. The highest BCUT2D eigenvalue weighted by atomic mass is 79.9. The number of aryl methyl sites for hydroxylation is 1. The van der Waals surface area contributed by atoms with Crippen LogP contribution in [0.5, 0.6) is 11.6 Å². The molecule has 0 aliphatic carbocycles. The van der Waals surface area contributed by atoms with Gasteiger partial charge in [0.05, 0.1) is 27.3 Å². The Balaban J connectivity index is 2.02. The Morgan fingerprint density at radius 2 is 1.96 bits per heavy atom. The predicted molar refractivity (Wildman–Crippen MR) is 111 cm³/mol. The number of phenolic OH excluding ortho intramolecular Hbond substituents is 1. The van der Waals surface area contributed by atoms with Crippen LogP contribution < -0.4 is 10.5 Å². The lowest BCUT2D eigenvalue weighted by Gasteiger charge is -2.25. The van der Waals surface area contributed by atoms with E-state index in [1.165, 1.54) is 0 Å². The third kappa shape index (κ3) is 2.87. The summed E-state index contributed by atoms with van der Waals surface area (Å²) in [6.45, 7) is 1.84. The second-order valence-electron chi connectivity index (χ2n) is 6.30. The van der Waals surface area contributed by atoms with Gasteiger partial charge in [0.15, 0.2) is 0 Å². The zero-order valence-electron chi connectivity index (χ0n) is 14.6. The van der Waals surface area contributed by atoms with E-state index in [-0.39, 0.29) is 17.2 Å². The smallest absolute Gasteiger partial charge is 0.229 e. The normalized spacial score (nSPS) is 15.7. The molecule has 0 unspecified atom stereocenters. The molecule has 8 heteroatoms. The summed E-state index contributed by atoms with van der Waals surface area (Å²) >= 11 is 6.81. The van der Waals surface area contributed by atoms with Gasteiger partial charge in [-0.2, -0.15) is 10.4 Å². The molecule has 0 spiro atoms. The number of ether oxygens (including phenoxy) is 1. The van der Waals surface area contributed by atoms with Crippen LogP contribution in [0, 0.1) is 18.3 Å². The number of nitrogens with two attached hydrogens (primary N) is 1. The molecule has 0 saturated carbocycles. The highest BCUT2D eigenvalue weighted by Crippen LogP contribution is 2.48. The van der Waals surface area contributed by atoms with E-state index in [0.29, 0.717) is 27.2 Å². The molecule has 6 nitrogen and oxygen atoms in total. The molecule has 3 N–H and O–H groups in total. The van der Waals surface area contributed by atoms with Crippen molar-refractivity contribution in [2.75, 3.05) is 0 Å². The standard InChI is InChI=1S/C20H14Br2N4O2/c1-10-16-17(13-7-11(21)8-15(22)18(13)27)14(9-23)19(24)28-20(16)26(25-10)12-5-3-2-4-6-12/h2-8,17,27H,24H2,1H3/t17-/m1/s1. The van der Waals surface area contributed by atoms with Crippen molar-refractivity contribution >= 4 is 31.9 Å². The molecule has 0 saturated heterocycles. The summed E-state index contributed by atoms with van der Waals surface area (Å²) in [6.07, 6.45) is 0. The fourth-order valence-corrected chi connectivity index (χ4v) is 4.63. The molecule has 0 radical (unpaired) electrons. The second-order valence-corrected chi connectivity index (χ2v) is 8.07. The topological polar surface area (TPSA) is 97.1 Å². The Kier molecular flexibility index (Phi) is 4.65. The van der Waals surface area contributed by atoms with E-state index in [4.69, 9.17) is 10.5 Å². The van der Waals surface area contributed by atoms with Gasteiger partial charge in [-0.15, -0.1) is 0 Å². The van der Waals surface area contributed by atoms with Crippen LogP contribution in [0.25, 0.3) is 5.69 Å². The van der Waals surface area contributed by atoms with Gasteiger partial charge in [-0.25, -0.2) is 4.68 Å². The Hall–Kier alpha value is -2.76. The number of aromatic nitrogens is 2. The summed E-state index contributed by atoms with van der Waals surface area (Å²) in [5.41, 5.74) is 9.03. The number of benzene rings is 2. The maximum Gasteiger partial charge on any atom is 0.229 e. The van der Waals surface area contributed by atoms with Crippen LogP contribution in [0.15, 0.2) is 62.9 Å². The number of allylic oxidation sites excluding steroid dienone is 1. The maximum atomic E-state index is 10.7. The first kappa shape index (κ1) is 18.6. The van der Waals surface area contributed by atoms with Crippen LogP contribution in [0.4, 0.5) is 0 Å². The molecule has 0 bridgehead atoms. The lowest BCUT2D eigenvalue weighted by atomic mass is 9.83. The number of aromatic hydroxyl groups is 1. The van der Waals surface area contributed by atoms with Gasteiger partial charge in [-0.1, -0.05) is 34.1 Å². The van der Waals surface area contributed by atoms with Gasteiger partial charge in [0.2, 0.25) is 11.8 Å². The van der Waals surface area contributed by atoms with Crippen molar-refractivity contribution in [2.45, 2.75) is 12.8 Å². The summed E-state index contributed by atoms with van der Waals surface area (Å²) < 4.78 is 8.74.